The van der Waals surface area contributed by atoms with Crippen LogP contribution < -0.4 is 13.8 Å². The number of nitrogens with zero attached hydrogens (tertiary/aromatic N) is 3. The number of rotatable bonds is 8. The Morgan fingerprint density at radius 2 is 1.62 bits per heavy atom. The maximum atomic E-state index is 13.6. The molecule has 10 heteroatoms. The number of ether oxygens (including phenoxy) is 2. The van der Waals surface area contributed by atoms with Crippen LogP contribution in [0.5, 0.6) is 11.5 Å². The number of amides is 2. The van der Waals surface area contributed by atoms with Gasteiger partial charge in [0.1, 0.15) is 6.54 Å². The van der Waals surface area contributed by atoms with Crippen LogP contribution in [-0.2, 0) is 19.6 Å². The summed E-state index contributed by atoms with van der Waals surface area (Å²) in [6, 6.07) is 11.2. The third-order valence-electron chi connectivity index (χ3n) is 5.36. The summed E-state index contributed by atoms with van der Waals surface area (Å²) in [7, 11) is -1.20. The van der Waals surface area contributed by atoms with Crippen LogP contribution in [0.4, 0.5) is 5.69 Å². The second kappa shape index (κ2) is 9.90. The van der Waals surface area contributed by atoms with E-state index in [1.54, 1.807) is 34.1 Å². The summed E-state index contributed by atoms with van der Waals surface area (Å²) in [5, 5.41) is 0. The summed E-state index contributed by atoms with van der Waals surface area (Å²) in [5.41, 5.74) is 1.35. The molecule has 172 valence electrons. The zero-order chi connectivity index (χ0) is 23.3. The van der Waals surface area contributed by atoms with Crippen LogP contribution in [-0.4, -0.2) is 77.5 Å². The predicted molar refractivity (Wildman–Crippen MR) is 119 cm³/mol. The number of aryl methyl sites for hydroxylation is 1. The summed E-state index contributed by atoms with van der Waals surface area (Å²) in [5.74, 6) is 0.339. The maximum absolute atomic E-state index is 13.6. The lowest BCUT2D eigenvalue weighted by Gasteiger charge is -2.34. The molecule has 32 heavy (non-hydrogen) atoms. The average molecular weight is 462 g/mol. The summed E-state index contributed by atoms with van der Waals surface area (Å²) in [6.07, 6.45) is 0.752. The molecular formula is C22H27N3O6S. The van der Waals surface area contributed by atoms with Crippen LogP contribution in [0.1, 0.15) is 5.56 Å². The van der Waals surface area contributed by atoms with Crippen molar-refractivity contribution in [3.63, 3.8) is 0 Å². The molecule has 0 spiro atoms. The number of sulfonamides is 1. The van der Waals surface area contributed by atoms with E-state index in [0.29, 0.717) is 37.6 Å². The lowest BCUT2D eigenvalue weighted by molar-refractivity contribution is -0.133. The molecule has 2 aromatic carbocycles. The van der Waals surface area contributed by atoms with Gasteiger partial charge in [-0.15, -0.1) is 0 Å². The molecular weight excluding hydrogens is 434 g/mol. The van der Waals surface area contributed by atoms with E-state index in [1.807, 2.05) is 6.92 Å². The van der Waals surface area contributed by atoms with Crippen LogP contribution in [0.2, 0.25) is 0 Å². The maximum Gasteiger partial charge on any atom is 0.264 e. The first-order chi connectivity index (χ1) is 15.3. The fourth-order valence-electron chi connectivity index (χ4n) is 3.43. The first-order valence-electron chi connectivity index (χ1n) is 10.1. The Hall–Kier alpha value is -3.27. The molecule has 1 fully saturated rings. The molecule has 0 saturated carbocycles. The molecule has 1 aliphatic rings. The molecule has 0 N–H and O–H groups in total. The van der Waals surface area contributed by atoms with Crippen molar-refractivity contribution in [2.24, 2.45) is 0 Å². The first kappa shape index (κ1) is 23.4. The van der Waals surface area contributed by atoms with E-state index in [1.165, 1.54) is 32.4 Å². The van der Waals surface area contributed by atoms with Crippen molar-refractivity contribution < 1.29 is 27.5 Å². The number of anilines is 1. The van der Waals surface area contributed by atoms with Gasteiger partial charge in [0.05, 0.1) is 24.8 Å². The molecule has 0 aromatic heterocycles. The molecule has 1 heterocycles. The molecule has 0 radical (unpaired) electrons. The molecule has 3 rings (SSSR count). The van der Waals surface area contributed by atoms with Crippen LogP contribution in [0.15, 0.2) is 47.4 Å². The topological polar surface area (TPSA) is 96.5 Å². The van der Waals surface area contributed by atoms with Crippen molar-refractivity contribution in [2.45, 2.75) is 11.8 Å². The molecule has 9 nitrogen and oxygen atoms in total. The zero-order valence-electron chi connectivity index (χ0n) is 18.4. The Labute approximate surface area is 188 Å². The van der Waals surface area contributed by atoms with Gasteiger partial charge in [-0.3, -0.25) is 13.9 Å². The van der Waals surface area contributed by atoms with Crippen molar-refractivity contribution in [1.82, 2.24) is 9.80 Å². The lowest BCUT2D eigenvalue weighted by atomic mass is 10.2. The number of piperazine rings is 1. The standard InChI is InChI=1S/C22H27N3O6S/c1-17-4-6-18(7-5-17)25(15-22(27)24-12-10-23(16-26)11-13-24)32(28,29)19-8-9-20(30-2)21(14-19)31-3/h4-9,14,16H,10-13,15H2,1-3H3. The summed E-state index contributed by atoms with van der Waals surface area (Å²) >= 11 is 0. The Balaban J connectivity index is 1.95. The second-order valence-electron chi connectivity index (χ2n) is 7.39. The van der Waals surface area contributed by atoms with Gasteiger partial charge in [0.15, 0.2) is 11.5 Å². The monoisotopic (exact) mass is 461 g/mol. The molecule has 0 unspecified atom stereocenters. The van der Waals surface area contributed by atoms with Crippen molar-refractivity contribution >= 4 is 28.0 Å². The molecule has 0 bridgehead atoms. The second-order valence-corrected chi connectivity index (χ2v) is 9.25. The van der Waals surface area contributed by atoms with Crippen molar-refractivity contribution in [1.29, 1.82) is 0 Å². The molecule has 1 aliphatic heterocycles. The highest BCUT2D eigenvalue weighted by atomic mass is 32.2. The van der Waals surface area contributed by atoms with Crippen LogP contribution in [0, 0.1) is 6.92 Å². The fourth-order valence-corrected chi connectivity index (χ4v) is 4.86. The van der Waals surface area contributed by atoms with Crippen LogP contribution >= 0.6 is 0 Å². The Morgan fingerprint density at radius 1 is 1.00 bits per heavy atom. The van der Waals surface area contributed by atoms with E-state index < -0.39 is 10.0 Å². The highest BCUT2D eigenvalue weighted by Gasteiger charge is 2.30. The van der Waals surface area contributed by atoms with Gasteiger partial charge >= 0.3 is 0 Å². The van der Waals surface area contributed by atoms with E-state index in [0.717, 1.165) is 16.3 Å². The van der Waals surface area contributed by atoms with Gasteiger partial charge in [-0.1, -0.05) is 17.7 Å². The van der Waals surface area contributed by atoms with Gasteiger partial charge < -0.3 is 19.3 Å². The Morgan fingerprint density at radius 3 is 2.19 bits per heavy atom. The van der Waals surface area contributed by atoms with Gasteiger partial charge in [0, 0.05) is 32.2 Å². The molecule has 0 atom stereocenters. The largest absolute Gasteiger partial charge is 0.493 e. The third-order valence-corrected chi connectivity index (χ3v) is 7.13. The quantitative estimate of drug-likeness (QED) is 0.553. The van der Waals surface area contributed by atoms with Gasteiger partial charge in [0.2, 0.25) is 12.3 Å². The molecule has 2 aromatic rings. The van der Waals surface area contributed by atoms with Gasteiger partial charge in [0.25, 0.3) is 10.0 Å². The van der Waals surface area contributed by atoms with E-state index in [-0.39, 0.29) is 23.1 Å². The summed E-state index contributed by atoms with van der Waals surface area (Å²) < 4.78 is 38.8. The number of carbonyl (C=O) groups is 2. The van der Waals surface area contributed by atoms with Crippen molar-refractivity contribution in [2.75, 3.05) is 51.2 Å². The molecule has 0 aliphatic carbocycles. The number of methoxy groups -OCH3 is 2. The number of carbonyl (C=O) groups excluding carboxylic acids is 2. The lowest BCUT2D eigenvalue weighted by Crippen LogP contribution is -2.51. The van der Waals surface area contributed by atoms with Gasteiger partial charge in [-0.25, -0.2) is 8.42 Å². The van der Waals surface area contributed by atoms with E-state index in [2.05, 4.69) is 0 Å². The van der Waals surface area contributed by atoms with Gasteiger partial charge in [-0.05, 0) is 31.2 Å². The summed E-state index contributed by atoms with van der Waals surface area (Å²) in [4.78, 5) is 27.1. The minimum absolute atomic E-state index is 0.0192. The van der Waals surface area contributed by atoms with E-state index >= 15 is 0 Å². The minimum atomic E-state index is -4.09. The first-order valence-corrected chi connectivity index (χ1v) is 11.5. The molecule has 2 amide bonds. The highest BCUT2D eigenvalue weighted by molar-refractivity contribution is 7.92. The third kappa shape index (κ3) is 4.96. The van der Waals surface area contributed by atoms with E-state index in [4.69, 9.17) is 9.47 Å². The minimum Gasteiger partial charge on any atom is -0.493 e. The Kier molecular flexibility index (Phi) is 7.24. The number of hydrogen-bond acceptors (Lipinski definition) is 6. The predicted octanol–water partition coefficient (Wildman–Crippen LogP) is 1.51. The number of hydrogen-bond donors (Lipinski definition) is 0. The van der Waals surface area contributed by atoms with Gasteiger partial charge in [-0.2, -0.15) is 0 Å². The zero-order valence-corrected chi connectivity index (χ0v) is 19.2. The van der Waals surface area contributed by atoms with Crippen LogP contribution in [0.3, 0.4) is 0 Å². The molecule has 1 saturated heterocycles. The average Bonchev–Trinajstić information content (AvgIpc) is 2.82. The van der Waals surface area contributed by atoms with Crippen molar-refractivity contribution in [3.8, 4) is 11.5 Å². The normalized spacial score (nSPS) is 14.1. The smallest absolute Gasteiger partial charge is 0.264 e. The number of benzene rings is 2. The fraction of sp³-hybridized carbons (Fsp3) is 0.364. The summed E-state index contributed by atoms with van der Waals surface area (Å²) in [6.45, 7) is 3.09. The van der Waals surface area contributed by atoms with Crippen LogP contribution in [0.25, 0.3) is 0 Å². The van der Waals surface area contributed by atoms with Crippen molar-refractivity contribution in [3.05, 3.63) is 48.0 Å². The Bertz CT molecular complexity index is 1060. The SMILES string of the molecule is COc1ccc(S(=O)(=O)N(CC(=O)N2CCN(C=O)CC2)c2ccc(C)cc2)cc1OC. The highest BCUT2D eigenvalue weighted by Crippen LogP contribution is 2.32. The van der Waals surface area contributed by atoms with E-state index in [9.17, 15) is 18.0 Å².